The Morgan fingerprint density at radius 1 is 1.05 bits per heavy atom. The smallest absolute Gasteiger partial charge is 0.169 e. The predicted molar refractivity (Wildman–Crippen MR) is 89.5 cm³/mol. The van der Waals surface area contributed by atoms with E-state index in [-0.39, 0.29) is 5.41 Å². The summed E-state index contributed by atoms with van der Waals surface area (Å²) in [4.78, 5) is 16.2. The van der Waals surface area contributed by atoms with Crippen molar-refractivity contribution in [1.29, 1.82) is 0 Å². The Morgan fingerprint density at radius 3 is 2.32 bits per heavy atom. The Morgan fingerprint density at radius 2 is 1.73 bits per heavy atom. The van der Waals surface area contributed by atoms with Crippen LogP contribution in [0.2, 0.25) is 0 Å². The van der Waals surface area contributed by atoms with E-state index in [0.29, 0.717) is 5.69 Å². The van der Waals surface area contributed by atoms with Gasteiger partial charge >= 0.3 is 0 Å². The molecule has 0 amide bonds. The van der Waals surface area contributed by atoms with Crippen LogP contribution in [0.4, 0.5) is 0 Å². The van der Waals surface area contributed by atoms with Crippen LogP contribution in [0, 0.1) is 6.92 Å². The van der Waals surface area contributed by atoms with Gasteiger partial charge in [0.15, 0.2) is 6.29 Å². The average molecular weight is 292 g/mol. The largest absolute Gasteiger partial charge is 0.296 e. The second-order valence-electron chi connectivity index (χ2n) is 6.73. The maximum absolute atomic E-state index is 11.6. The highest BCUT2D eigenvalue weighted by atomic mass is 16.1. The van der Waals surface area contributed by atoms with Crippen molar-refractivity contribution in [3.05, 3.63) is 59.4 Å². The summed E-state index contributed by atoms with van der Waals surface area (Å²) in [5, 5.41) is 0. The molecule has 112 valence electrons. The van der Waals surface area contributed by atoms with E-state index in [4.69, 9.17) is 0 Å². The van der Waals surface area contributed by atoms with Crippen LogP contribution in [-0.2, 0) is 5.41 Å². The molecule has 2 heterocycles. The molecule has 0 saturated heterocycles. The lowest BCUT2D eigenvalue weighted by molar-refractivity contribution is 0.111. The molecule has 0 radical (unpaired) electrons. The Hall–Kier alpha value is -2.42. The number of benzene rings is 1. The van der Waals surface area contributed by atoms with Crippen molar-refractivity contribution < 1.29 is 4.79 Å². The highest BCUT2D eigenvalue weighted by Crippen LogP contribution is 2.28. The van der Waals surface area contributed by atoms with E-state index >= 15 is 0 Å². The van der Waals surface area contributed by atoms with E-state index in [1.54, 1.807) is 0 Å². The summed E-state index contributed by atoms with van der Waals surface area (Å²) < 4.78 is 1.86. The predicted octanol–water partition coefficient (Wildman–Crippen LogP) is 4.42. The summed E-state index contributed by atoms with van der Waals surface area (Å²) in [6.45, 7) is 8.57. The van der Waals surface area contributed by atoms with E-state index in [9.17, 15) is 4.79 Å². The molecule has 0 unspecified atom stereocenters. The first kappa shape index (κ1) is 14.5. The van der Waals surface area contributed by atoms with Crippen LogP contribution in [-0.4, -0.2) is 15.7 Å². The number of pyridine rings is 1. The SMILES string of the molecule is Cc1ccc2nc(-c3ccc(C(C)(C)C)cc3)c(C=O)n2c1. The van der Waals surface area contributed by atoms with Gasteiger partial charge in [-0.05, 0) is 29.5 Å². The molecule has 0 bridgehead atoms. The number of imidazole rings is 1. The lowest BCUT2D eigenvalue weighted by Gasteiger charge is -2.18. The Balaban J connectivity index is 2.15. The number of carbonyl (C=O) groups is 1. The summed E-state index contributed by atoms with van der Waals surface area (Å²) in [5.41, 5.74) is 5.58. The van der Waals surface area contributed by atoms with Gasteiger partial charge in [-0.3, -0.25) is 9.20 Å². The van der Waals surface area contributed by atoms with Crippen molar-refractivity contribution in [2.45, 2.75) is 33.1 Å². The van der Waals surface area contributed by atoms with Crippen LogP contribution in [0.1, 0.15) is 42.4 Å². The Labute approximate surface area is 130 Å². The molecule has 0 spiro atoms. The molecule has 0 aliphatic heterocycles. The maximum Gasteiger partial charge on any atom is 0.169 e. The number of hydrogen-bond acceptors (Lipinski definition) is 2. The standard InChI is InChI=1S/C19H20N2O/c1-13-5-10-17-20-18(16(12-22)21(17)11-13)14-6-8-15(9-7-14)19(2,3)4/h5-12H,1-4H3. The van der Waals surface area contributed by atoms with E-state index < -0.39 is 0 Å². The number of fused-ring (bicyclic) bond motifs is 1. The number of nitrogens with zero attached hydrogens (tertiary/aromatic N) is 2. The zero-order valence-corrected chi connectivity index (χ0v) is 13.4. The maximum atomic E-state index is 11.6. The van der Waals surface area contributed by atoms with Crippen LogP contribution in [0.5, 0.6) is 0 Å². The summed E-state index contributed by atoms with van der Waals surface area (Å²) in [6, 6.07) is 12.3. The fourth-order valence-electron chi connectivity index (χ4n) is 2.62. The van der Waals surface area contributed by atoms with Crippen LogP contribution in [0.15, 0.2) is 42.6 Å². The molecular formula is C19H20N2O. The first-order chi connectivity index (χ1) is 10.4. The minimum atomic E-state index is 0.113. The number of carbonyl (C=O) groups excluding carboxylic acids is 1. The molecule has 0 N–H and O–H groups in total. The van der Waals surface area contributed by atoms with Gasteiger partial charge in [-0.15, -0.1) is 0 Å². The van der Waals surface area contributed by atoms with Gasteiger partial charge in [0.1, 0.15) is 17.0 Å². The van der Waals surface area contributed by atoms with Gasteiger partial charge in [0.05, 0.1) is 0 Å². The normalized spacial score (nSPS) is 11.8. The van der Waals surface area contributed by atoms with Crippen LogP contribution in [0.3, 0.4) is 0 Å². The van der Waals surface area contributed by atoms with Crippen molar-refractivity contribution in [3.63, 3.8) is 0 Å². The number of hydrogen-bond donors (Lipinski definition) is 0. The van der Waals surface area contributed by atoms with Gasteiger partial charge in [0.2, 0.25) is 0 Å². The van der Waals surface area contributed by atoms with Gasteiger partial charge in [-0.25, -0.2) is 4.98 Å². The van der Waals surface area contributed by atoms with E-state index in [0.717, 1.165) is 28.8 Å². The third-order valence-electron chi connectivity index (χ3n) is 3.94. The molecule has 3 nitrogen and oxygen atoms in total. The molecule has 3 rings (SSSR count). The minimum absolute atomic E-state index is 0.113. The highest BCUT2D eigenvalue weighted by molar-refractivity contribution is 5.86. The van der Waals surface area contributed by atoms with Crippen molar-refractivity contribution in [1.82, 2.24) is 9.38 Å². The molecule has 0 saturated carbocycles. The number of aldehydes is 1. The Kier molecular flexibility index (Phi) is 3.36. The van der Waals surface area contributed by atoms with Crippen LogP contribution >= 0.6 is 0 Å². The second-order valence-corrected chi connectivity index (χ2v) is 6.73. The van der Waals surface area contributed by atoms with Crippen molar-refractivity contribution in [2.24, 2.45) is 0 Å². The molecule has 3 aromatic rings. The summed E-state index contributed by atoms with van der Waals surface area (Å²) in [7, 11) is 0. The first-order valence-corrected chi connectivity index (χ1v) is 7.45. The van der Waals surface area contributed by atoms with E-state index in [1.165, 1.54) is 5.56 Å². The molecule has 22 heavy (non-hydrogen) atoms. The van der Waals surface area contributed by atoms with Gasteiger partial charge in [-0.1, -0.05) is 51.1 Å². The van der Waals surface area contributed by atoms with E-state index in [1.807, 2.05) is 41.8 Å². The quantitative estimate of drug-likeness (QED) is 0.655. The molecule has 3 heteroatoms. The third-order valence-corrected chi connectivity index (χ3v) is 3.94. The molecule has 0 atom stereocenters. The zero-order valence-electron chi connectivity index (χ0n) is 13.4. The summed E-state index contributed by atoms with van der Waals surface area (Å²) in [5.74, 6) is 0. The molecular weight excluding hydrogens is 272 g/mol. The highest BCUT2D eigenvalue weighted by Gasteiger charge is 2.16. The summed E-state index contributed by atoms with van der Waals surface area (Å²) >= 11 is 0. The molecule has 0 aliphatic rings. The van der Waals surface area contributed by atoms with Gasteiger partial charge in [-0.2, -0.15) is 0 Å². The monoisotopic (exact) mass is 292 g/mol. The molecule has 0 fully saturated rings. The Bertz CT molecular complexity index is 836. The lowest BCUT2D eigenvalue weighted by atomic mass is 9.86. The third kappa shape index (κ3) is 2.43. The average Bonchev–Trinajstić information content (AvgIpc) is 2.84. The molecule has 0 aliphatic carbocycles. The van der Waals surface area contributed by atoms with E-state index in [2.05, 4.69) is 37.9 Å². The lowest BCUT2D eigenvalue weighted by Crippen LogP contribution is -2.10. The van der Waals surface area contributed by atoms with Crippen LogP contribution < -0.4 is 0 Å². The number of rotatable bonds is 2. The molecule has 1 aromatic carbocycles. The number of aromatic nitrogens is 2. The molecule has 2 aromatic heterocycles. The van der Waals surface area contributed by atoms with Gasteiger partial charge in [0.25, 0.3) is 0 Å². The van der Waals surface area contributed by atoms with Gasteiger partial charge < -0.3 is 0 Å². The van der Waals surface area contributed by atoms with Crippen molar-refractivity contribution in [3.8, 4) is 11.3 Å². The second kappa shape index (κ2) is 5.09. The van der Waals surface area contributed by atoms with Crippen molar-refractivity contribution >= 4 is 11.9 Å². The fraction of sp³-hybridized carbons (Fsp3) is 0.263. The minimum Gasteiger partial charge on any atom is -0.296 e. The van der Waals surface area contributed by atoms with Crippen molar-refractivity contribution in [2.75, 3.05) is 0 Å². The van der Waals surface area contributed by atoms with Gasteiger partial charge in [0, 0.05) is 11.8 Å². The first-order valence-electron chi connectivity index (χ1n) is 7.45. The zero-order chi connectivity index (χ0) is 15.9. The summed E-state index contributed by atoms with van der Waals surface area (Å²) in [6.07, 6.45) is 2.82. The van der Waals surface area contributed by atoms with Crippen LogP contribution in [0.25, 0.3) is 16.9 Å². The number of aryl methyl sites for hydroxylation is 1. The topological polar surface area (TPSA) is 34.4 Å². The fourth-order valence-corrected chi connectivity index (χ4v) is 2.62.